The smallest absolute Gasteiger partial charge is 0.338 e. The van der Waals surface area contributed by atoms with Gasteiger partial charge in [0.25, 0.3) is 0 Å². The van der Waals surface area contributed by atoms with E-state index in [1.807, 2.05) is 6.07 Å². The predicted molar refractivity (Wildman–Crippen MR) is 75.4 cm³/mol. The molecular formula is C16H18O3. The highest BCUT2D eigenvalue weighted by Crippen LogP contribution is 2.21. The van der Waals surface area contributed by atoms with Crippen molar-refractivity contribution in [2.24, 2.45) is 0 Å². The number of carbonyl (C=O) groups is 1. The number of esters is 1. The summed E-state index contributed by atoms with van der Waals surface area (Å²) in [6, 6.07) is 10.4. The van der Waals surface area contributed by atoms with Gasteiger partial charge in [0.2, 0.25) is 0 Å². The largest absolute Gasteiger partial charge is 0.508 e. The molecule has 0 spiro atoms. The Bertz CT molecular complexity index is 575. The van der Waals surface area contributed by atoms with Crippen molar-refractivity contribution in [3.05, 3.63) is 42.0 Å². The average Bonchev–Trinajstić information content (AvgIpc) is 2.42. The molecule has 0 aromatic heterocycles. The van der Waals surface area contributed by atoms with E-state index in [2.05, 4.69) is 6.92 Å². The Labute approximate surface area is 112 Å². The molecule has 0 atom stereocenters. The molecule has 0 amide bonds. The lowest BCUT2D eigenvalue weighted by Crippen LogP contribution is -2.06. The molecule has 3 nitrogen and oxygen atoms in total. The number of benzene rings is 2. The van der Waals surface area contributed by atoms with Gasteiger partial charge in [-0.1, -0.05) is 31.9 Å². The number of carbonyl (C=O) groups excluding carboxylic acids is 1. The van der Waals surface area contributed by atoms with Crippen molar-refractivity contribution in [1.82, 2.24) is 0 Å². The van der Waals surface area contributed by atoms with Crippen LogP contribution in [0.2, 0.25) is 0 Å². The summed E-state index contributed by atoms with van der Waals surface area (Å²) in [5.74, 6) is -0.0616. The van der Waals surface area contributed by atoms with Crippen LogP contribution in [0.15, 0.2) is 36.4 Å². The van der Waals surface area contributed by atoms with Crippen LogP contribution in [0.5, 0.6) is 5.75 Å². The molecule has 0 saturated carbocycles. The zero-order chi connectivity index (χ0) is 13.7. The first kappa shape index (κ1) is 13.4. The molecular weight excluding hydrogens is 240 g/mol. The number of hydrogen-bond donors (Lipinski definition) is 1. The molecule has 0 heterocycles. The Kier molecular flexibility index (Phi) is 4.39. The third kappa shape index (κ3) is 3.47. The van der Waals surface area contributed by atoms with Crippen LogP contribution in [0.25, 0.3) is 10.8 Å². The first-order valence-electron chi connectivity index (χ1n) is 6.60. The number of aromatic hydroxyl groups is 1. The van der Waals surface area contributed by atoms with Crippen LogP contribution in [0.1, 0.15) is 36.5 Å². The van der Waals surface area contributed by atoms with E-state index in [-0.39, 0.29) is 11.7 Å². The summed E-state index contributed by atoms with van der Waals surface area (Å²) in [6.45, 7) is 2.58. The van der Waals surface area contributed by atoms with E-state index in [4.69, 9.17) is 4.74 Å². The topological polar surface area (TPSA) is 46.5 Å². The second kappa shape index (κ2) is 6.23. The Balaban J connectivity index is 2.08. The zero-order valence-corrected chi connectivity index (χ0v) is 11.1. The molecule has 0 aliphatic heterocycles. The minimum Gasteiger partial charge on any atom is -0.508 e. The van der Waals surface area contributed by atoms with Crippen molar-refractivity contribution in [1.29, 1.82) is 0 Å². The summed E-state index contributed by atoms with van der Waals surface area (Å²) in [6.07, 6.45) is 3.09. The quantitative estimate of drug-likeness (QED) is 0.653. The highest BCUT2D eigenvalue weighted by molar-refractivity contribution is 5.95. The van der Waals surface area contributed by atoms with Crippen LogP contribution in [0.4, 0.5) is 0 Å². The zero-order valence-electron chi connectivity index (χ0n) is 11.1. The van der Waals surface area contributed by atoms with Gasteiger partial charge < -0.3 is 9.84 Å². The normalized spacial score (nSPS) is 10.6. The van der Waals surface area contributed by atoms with Gasteiger partial charge in [-0.05, 0) is 41.5 Å². The van der Waals surface area contributed by atoms with Crippen LogP contribution in [-0.4, -0.2) is 17.7 Å². The van der Waals surface area contributed by atoms with Gasteiger partial charge in [0.1, 0.15) is 5.75 Å². The van der Waals surface area contributed by atoms with Gasteiger partial charge in [-0.2, -0.15) is 0 Å². The van der Waals surface area contributed by atoms with Crippen LogP contribution in [0, 0.1) is 0 Å². The highest BCUT2D eigenvalue weighted by Gasteiger charge is 2.07. The fraction of sp³-hybridized carbons (Fsp3) is 0.312. The van der Waals surface area contributed by atoms with Gasteiger partial charge in [-0.15, -0.1) is 0 Å². The molecule has 19 heavy (non-hydrogen) atoms. The number of ether oxygens (including phenoxy) is 1. The van der Waals surface area contributed by atoms with E-state index in [1.165, 1.54) is 0 Å². The molecule has 2 aromatic carbocycles. The second-order valence-corrected chi connectivity index (χ2v) is 4.59. The van der Waals surface area contributed by atoms with Gasteiger partial charge >= 0.3 is 5.97 Å². The van der Waals surface area contributed by atoms with Crippen molar-refractivity contribution in [2.75, 3.05) is 6.61 Å². The fourth-order valence-electron chi connectivity index (χ4n) is 1.96. The molecule has 2 aromatic rings. The van der Waals surface area contributed by atoms with Crippen molar-refractivity contribution in [2.45, 2.75) is 26.2 Å². The number of hydrogen-bond acceptors (Lipinski definition) is 3. The summed E-state index contributed by atoms with van der Waals surface area (Å²) in [7, 11) is 0. The van der Waals surface area contributed by atoms with Crippen LogP contribution < -0.4 is 0 Å². The van der Waals surface area contributed by atoms with Crippen molar-refractivity contribution in [3.63, 3.8) is 0 Å². The first-order valence-corrected chi connectivity index (χ1v) is 6.60. The van der Waals surface area contributed by atoms with Crippen molar-refractivity contribution < 1.29 is 14.6 Å². The molecule has 0 aliphatic rings. The SMILES string of the molecule is CCCCCOC(=O)c1ccc2cc(O)ccc2c1. The van der Waals surface area contributed by atoms with Crippen LogP contribution in [-0.2, 0) is 4.74 Å². The third-order valence-electron chi connectivity index (χ3n) is 3.04. The summed E-state index contributed by atoms with van der Waals surface area (Å²) in [5.41, 5.74) is 0.551. The van der Waals surface area contributed by atoms with E-state index in [1.54, 1.807) is 30.3 Å². The summed E-state index contributed by atoms with van der Waals surface area (Å²) >= 11 is 0. The molecule has 0 aliphatic carbocycles. The second-order valence-electron chi connectivity index (χ2n) is 4.59. The lowest BCUT2D eigenvalue weighted by molar-refractivity contribution is 0.0498. The number of phenolic OH excluding ortho intramolecular Hbond substituents is 1. The molecule has 1 N–H and O–H groups in total. The molecule has 0 radical (unpaired) electrons. The van der Waals surface area contributed by atoms with Gasteiger partial charge in [-0.25, -0.2) is 4.79 Å². The standard InChI is InChI=1S/C16H18O3/c1-2-3-4-9-19-16(18)14-6-5-13-11-15(17)8-7-12(13)10-14/h5-8,10-11,17H,2-4,9H2,1H3. The summed E-state index contributed by atoms with van der Waals surface area (Å²) in [4.78, 5) is 11.8. The number of fused-ring (bicyclic) bond motifs is 1. The highest BCUT2D eigenvalue weighted by atomic mass is 16.5. The fourth-order valence-corrected chi connectivity index (χ4v) is 1.96. The third-order valence-corrected chi connectivity index (χ3v) is 3.04. The van der Waals surface area contributed by atoms with Gasteiger partial charge in [0, 0.05) is 0 Å². The maximum absolute atomic E-state index is 11.8. The molecule has 100 valence electrons. The van der Waals surface area contributed by atoms with Gasteiger partial charge in [-0.3, -0.25) is 0 Å². The van der Waals surface area contributed by atoms with Crippen molar-refractivity contribution >= 4 is 16.7 Å². The lowest BCUT2D eigenvalue weighted by Gasteiger charge is -2.05. The Hall–Kier alpha value is -2.03. The minimum absolute atomic E-state index is 0.224. The molecule has 0 bridgehead atoms. The minimum atomic E-state index is -0.286. The van der Waals surface area contributed by atoms with Crippen molar-refractivity contribution in [3.8, 4) is 5.75 Å². The van der Waals surface area contributed by atoms with Crippen LogP contribution >= 0.6 is 0 Å². The van der Waals surface area contributed by atoms with Gasteiger partial charge in [0.05, 0.1) is 12.2 Å². The lowest BCUT2D eigenvalue weighted by atomic mass is 10.1. The maximum Gasteiger partial charge on any atom is 0.338 e. The van der Waals surface area contributed by atoms with E-state index < -0.39 is 0 Å². The van der Waals surface area contributed by atoms with E-state index in [0.29, 0.717) is 12.2 Å². The molecule has 0 fully saturated rings. The van der Waals surface area contributed by atoms with Crippen LogP contribution in [0.3, 0.4) is 0 Å². The number of unbranched alkanes of at least 4 members (excludes halogenated alkanes) is 2. The Morgan fingerprint density at radius 3 is 2.63 bits per heavy atom. The summed E-state index contributed by atoms with van der Waals surface area (Å²) < 4.78 is 5.21. The summed E-state index contributed by atoms with van der Waals surface area (Å²) in [5, 5.41) is 11.2. The van der Waals surface area contributed by atoms with E-state index >= 15 is 0 Å². The first-order chi connectivity index (χ1) is 9.20. The molecule has 0 saturated heterocycles. The average molecular weight is 258 g/mol. The maximum atomic E-state index is 11.8. The monoisotopic (exact) mass is 258 g/mol. The Morgan fingerprint density at radius 1 is 1.11 bits per heavy atom. The predicted octanol–water partition coefficient (Wildman–Crippen LogP) is 3.89. The Morgan fingerprint density at radius 2 is 1.84 bits per heavy atom. The van der Waals surface area contributed by atoms with E-state index in [9.17, 15) is 9.90 Å². The molecule has 2 rings (SSSR count). The number of rotatable bonds is 5. The molecule has 0 unspecified atom stereocenters. The van der Waals surface area contributed by atoms with Gasteiger partial charge in [0.15, 0.2) is 0 Å². The molecule has 3 heteroatoms. The number of phenols is 1. The van der Waals surface area contributed by atoms with E-state index in [0.717, 1.165) is 30.0 Å².